The van der Waals surface area contributed by atoms with Gasteiger partial charge in [0.15, 0.2) is 0 Å². The lowest BCUT2D eigenvalue weighted by atomic mass is 10.2. The number of hydrogen-bond acceptors (Lipinski definition) is 4. The highest BCUT2D eigenvalue weighted by atomic mass is 32.2. The lowest BCUT2D eigenvalue weighted by Gasteiger charge is -2.16. The van der Waals surface area contributed by atoms with Gasteiger partial charge in [-0.25, -0.2) is 0 Å². The summed E-state index contributed by atoms with van der Waals surface area (Å²) in [6, 6.07) is 9.53. The molecule has 2 rings (SSSR count). The van der Waals surface area contributed by atoms with Crippen LogP contribution in [0, 0.1) is 13.8 Å². The predicted molar refractivity (Wildman–Crippen MR) is 86.2 cm³/mol. The van der Waals surface area contributed by atoms with Crippen molar-refractivity contribution in [1.82, 2.24) is 4.90 Å². The summed E-state index contributed by atoms with van der Waals surface area (Å²) >= 11 is 1.53. The SMILES string of the molecule is Cc1ccc(CN(C)C(=O)CSc2ccc(N)cc2C)o1. The molecule has 1 aromatic carbocycles. The smallest absolute Gasteiger partial charge is 0.233 e. The molecule has 112 valence electrons. The summed E-state index contributed by atoms with van der Waals surface area (Å²) in [5, 5.41) is 0. The van der Waals surface area contributed by atoms with E-state index in [1.54, 1.807) is 11.9 Å². The molecule has 1 heterocycles. The molecule has 1 aromatic heterocycles. The van der Waals surface area contributed by atoms with Gasteiger partial charge >= 0.3 is 0 Å². The summed E-state index contributed by atoms with van der Waals surface area (Å²) in [4.78, 5) is 14.9. The molecule has 4 nitrogen and oxygen atoms in total. The molecule has 5 heteroatoms. The molecule has 0 fully saturated rings. The quantitative estimate of drug-likeness (QED) is 0.680. The van der Waals surface area contributed by atoms with Crippen molar-refractivity contribution < 1.29 is 9.21 Å². The van der Waals surface area contributed by atoms with Crippen LogP contribution in [0.4, 0.5) is 5.69 Å². The molecule has 0 unspecified atom stereocenters. The number of nitrogens with zero attached hydrogens (tertiary/aromatic N) is 1. The molecule has 0 aliphatic heterocycles. The number of furan rings is 1. The molecule has 2 N–H and O–H groups in total. The van der Waals surface area contributed by atoms with Crippen molar-refractivity contribution in [2.45, 2.75) is 25.3 Å². The average Bonchev–Trinajstić information content (AvgIpc) is 2.82. The first-order valence-electron chi connectivity index (χ1n) is 6.74. The van der Waals surface area contributed by atoms with E-state index >= 15 is 0 Å². The van der Waals surface area contributed by atoms with E-state index in [0.717, 1.165) is 27.7 Å². The van der Waals surface area contributed by atoms with E-state index in [2.05, 4.69) is 0 Å². The van der Waals surface area contributed by atoms with E-state index in [0.29, 0.717) is 12.3 Å². The van der Waals surface area contributed by atoms with Crippen LogP contribution >= 0.6 is 11.8 Å². The molecule has 21 heavy (non-hydrogen) atoms. The zero-order valence-electron chi connectivity index (χ0n) is 12.6. The van der Waals surface area contributed by atoms with Gasteiger partial charge in [0, 0.05) is 17.6 Å². The van der Waals surface area contributed by atoms with E-state index < -0.39 is 0 Å². The van der Waals surface area contributed by atoms with Crippen molar-refractivity contribution in [2.75, 3.05) is 18.5 Å². The van der Waals surface area contributed by atoms with Gasteiger partial charge in [0.2, 0.25) is 5.91 Å². The second kappa shape index (κ2) is 6.72. The van der Waals surface area contributed by atoms with Gasteiger partial charge in [0.05, 0.1) is 12.3 Å². The Hall–Kier alpha value is -1.88. The lowest BCUT2D eigenvalue weighted by Crippen LogP contribution is -2.27. The molecule has 0 saturated carbocycles. The molecule has 0 atom stereocenters. The Morgan fingerprint density at radius 1 is 1.29 bits per heavy atom. The van der Waals surface area contributed by atoms with Crippen LogP contribution in [-0.4, -0.2) is 23.6 Å². The fourth-order valence-corrected chi connectivity index (χ4v) is 2.93. The first-order chi connectivity index (χ1) is 9.95. The van der Waals surface area contributed by atoms with Crippen LogP contribution in [0.3, 0.4) is 0 Å². The number of amides is 1. The third-order valence-electron chi connectivity index (χ3n) is 3.16. The molecule has 0 bridgehead atoms. The van der Waals surface area contributed by atoms with Crippen molar-refractivity contribution in [1.29, 1.82) is 0 Å². The molecule has 0 saturated heterocycles. The van der Waals surface area contributed by atoms with Gasteiger partial charge in [-0.2, -0.15) is 0 Å². The maximum Gasteiger partial charge on any atom is 0.233 e. The summed E-state index contributed by atoms with van der Waals surface area (Å²) in [5.41, 5.74) is 7.56. The van der Waals surface area contributed by atoms with Gasteiger partial charge in [0.25, 0.3) is 0 Å². The fourth-order valence-electron chi connectivity index (χ4n) is 1.98. The Balaban J connectivity index is 1.89. The maximum absolute atomic E-state index is 12.1. The molecule has 1 amide bonds. The number of aryl methyl sites for hydroxylation is 2. The van der Waals surface area contributed by atoms with Gasteiger partial charge in [-0.3, -0.25) is 4.79 Å². The van der Waals surface area contributed by atoms with E-state index in [9.17, 15) is 4.79 Å². The van der Waals surface area contributed by atoms with E-state index in [4.69, 9.17) is 10.2 Å². The first kappa shape index (κ1) is 15.5. The number of carbonyl (C=O) groups is 1. The molecule has 0 aliphatic rings. The van der Waals surface area contributed by atoms with Crippen LogP contribution in [-0.2, 0) is 11.3 Å². The second-order valence-corrected chi connectivity index (χ2v) is 6.09. The maximum atomic E-state index is 12.1. The number of nitrogens with two attached hydrogens (primary N) is 1. The van der Waals surface area contributed by atoms with Crippen LogP contribution in [0.1, 0.15) is 17.1 Å². The minimum atomic E-state index is 0.0743. The third-order valence-corrected chi connectivity index (χ3v) is 4.33. The number of thioether (sulfide) groups is 1. The van der Waals surface area contributed by atoms with Gasteiger partial charge in [-0.15, -0.1) is 11.8 Å². The number of nitrogen functional groups attached to an aromatic ring is 1. The highest BCUT2D eigenvalue weighted by molar-refractivity contribution is 8.00. The minimum absolute atomic E-state index is 0.0743. The summed E-state index contributed by atoms with van der Waals surface area (Å²) in [6.45, 7) is 4.39. The monoisotopic (exact) mass is 304 g/mol. The highest BCUT2D eigenvalue weighted by Crippen LogP contribution is 2.24. The molecule has 0 aliphatic carbocycles. The van der Waals surface area contributed by atoms with Crippen LogP contribution in [0.2, 0.25) is 0 Å². The largest absolute Gasteiger partial charge is 0.464 e. The van der Waals surface area contributed by atoms with Crippen molar-refractivity contribution in [3.05, 3.63) is 47.4 Å². The van der Waals surface area contributed by atoms with Crippen LogP contribution in [0.25, 0.3) is 0 Å². The molecule has 0 radical (unpaired) electrons. The Morgan fingerprint density at radius 2 is 2.05 bits per heavy atom. The lowest BCUT2D eigenvalue weighted by molar-refractivity contribution is -0.127. The molecular weight excluding hydrogens is 284 g/mol. The summed E-state index contributed by atoms with van der Waals surface area (Å²) < 4.78 is 5.48. The van der Waals surface area contributed by atoms with E-state index in [1.165, 1.54) is 11.8 Å². The van der Waals surface area contributed by atoms with Crippen LogP contribution in [0.5, 0.6) is 0 Å². The second-order valence-electron chi connectivity index (χ2n) is 5.08. The summed E-state index contributed by atoms with van der Waals surface area (Å²) in [5.74, 6) is 2.14. The van der Waals surface area contributed by atoms with Gasteiger partial charge in [-0.05, 0) is 49.7 Å². The number of anilines is 1. The van der Waals surface area contributed by atoms with Gasteiger partial charge in [0.1, 0.15) is 11.5 Å². The summed E-state index contributed by atoms with van der Waals surface area (Å²) in [7, 11) is 1.79. The summed E-state index contributed by atoms with van der Waals surface area (Å²) in [6.07, 6.45) is 0. The zero-order valence-corrected chi connectivity index (χ0v) is 13.4. The molecule has 2 aromatic rings. The molecule has 0 spiro atoms. The standard InChI is InChI=1S/C16H20N2O2S/c1-11-8-13(17)5-7-15(11)21-10-16(19)18(3)9-14-6-4-12(2)20-14/h4-8H,9-10,17H2,1-3H3. The van der Waals surface area contributed by atoms with Crippen LogP contribution < -0.4 is 5.73 Å². The fraction of sp³-hybridized carbons (Fsp3) is 0.312. The zero-order chi connectivity index (χ0) is 15.4. The Morgan fingerprint density at radius 3 is 2.67 bits per heavy atom. The minimum Gasteiger partial charge on any atom is -0.464 e. The van der Waals surface area contributed by atoms with Crippen molar-refractivity contribution in [3.8, 4) is 0 Å². The van der Waals surface area contributed by atoms with E-state index in [1.807, 2.05) is 44.2 Å². The number of rotatable bonds is 5. The normalized spacial score (nSPS) is 10.6. The topological polar surface area (TPSA) is 59.5 Å². The van der Waals surface area contributed by atoms with Crippen molar-refractivity contribution in [3.63, 3.8) is 0 Å². The number of carbonyl (C=O) groups excluding carboxylic acids is 1. The Labute approximate surface area is 129 Å². The average molecular weight is 304 g/mol. The Bertz CT molecular complexity index is 637. The van der Waals surface area contributed by atoms with Crippen molar-refractivity contribution >= 4 is 23.4 Å². The molecular formula is C16H20N2O2S. The number of benzene rings is 1. The first-order valence-corrected chi connectivity index (χ1v) is 7.72. The Kier molecular flexibility index (Phi) is 4.96. The highest BCUT2D eigenvalue weighted by Gasteiger charge is 2.12. The van der Waals surface area contributed by atoms with E-state index in [-0.39, 0.29) is 5.91 Å². The predicted octanol–water partition coefficient (Wildman–Crippen LogP) is 3.23. The third kappa shape index (κ3) is 4.29. The van der Waals surface area contributed by atoms with Gasteiger partial charge < -0.3 is 15.1 Å². The number of hydrogen-bond donors (Lipinski definition) is 1. The van der Waals surface area contributed by atoms with Crippen LogP contribution in [0.15, 0.2) is 39.6 Å². The van der Waals surface area contributed by atoms with Gasteiger partial charge in [-0.1, -0.05) is 0 Å². The van der Waals surface area contributed by atoms with Crippen molar-refractivity contribution in [2.24, 2.45) is 0 Å².